The summed E-state index contributed by atoms with van der Waals surface area (Å²) >= 11 is 0. The molecule has 120 valence electrons. The number of carbonyl (C=O) groups is 1. The molecule has 0 amide bonds. The number of hydrogen-bond donors (Lipinski definition) is 1. The van der Waals surface area contributed by atoms with Gasteiger partial charge in [0.25, 0.3) is 0 Å². The van der Waals surface area contributed by atoms with E-state index in [1.165, 1.54) is 12.4 Å². The zero-order chi connectivity index (χ0) is 16.8. The highest BCUT2D eigenvalue weighted by Gasteiger charge is 2.10. The predicted octanol–water partition coefficient (Wildman–Crippen LogP) is 3.33. The van der Waals surface area contributed by atoms with E-state index in [4.69, 9.17) is 4.74 Å². The number of carbonyl (C=O) groups excluding carboxylic acids is 1. The molecule has 5 nitrogen and oxygen atoms in total. The molecule has 0 bridgehead atoms. The largest absolute Gasteiger partial charge is 0.497 e. The molecule has 0 saturated carbocycles. The third kappa shape index (κ3) is 3.76. The van der Waals surface area contributed by atoms with Crippen molar-refractivity contribution < 1.29 is 9.53 Å². The van der Waals surface area contributed by atoms with Crippen molar-refractivity contribution in [1.29, 1.82) is 0 Å². The van der Waals surface area contributed by atoms with Crippen LogP contribution < -0.4 is 10.1 Å². The van der Waals surface area contributed by atoms with E-state index in [-0.39, 0.29) is 5.78 Å². The second-order valence-electron chi connectivity index (χ2n) is 5.19. The molecule has 3 aromatic rings. The molecular weight excluding hydrogens is 302 g/mol. The minimum Gasteiger partial charge on any atom is -0.497 e. The fourth-order valence-electron chi connectivity index (χ4n) is 2.22. The second-order valence-corrected chi connectivity index (χ2v) is 5.19. The Labute approximate surface area is 140 Å². The monoisotopic (exact) mass is 319 g/mol. The van der Waals surface area contributed by atoms with Crippen molar-refractivity contribution in [3.8, 4) is 5.75 Å². The molecule has 0 atom stereocenters. The number of anilines is 1. The lowest BCUT2D eigenvalue weighted by molar-refractivity contribution is 0.103. The predicted molar refractivity (Wildman–Crippen MR) is 92.2 cm³/mol. The zero-order valence-corrected chi connectivity index (χ0v) is 13.3. The third-order valence-electron chi connectivity index (χ3n) is 3.56. The Morgan fingerprint density at radius 2 is 1.62 bits per heavy atom. The number of methoxy groups -OCH3 is 1. The molecule has 0 aliphatic heterocycles. The van der Waals surface area contributed by atoms with Crippen molar-refractivity contribution in [2.75, 3.05) is 12.4 Å². The van der Waals surface area contributed by atoms with E-state index in [0.717, 1.165) is 5.56 Å². The van der Waals surface area contributed by atoms with Crippen LogP contribution in [0.25, 0.3) is 0 Å². The number of rotatable bonds is 6. The van der Waals surface area contributed by atoms with E-state index in [2.05, 4.69) is 15.3 Å². The highest BCUT2D eigenvalue weighted by Crippen LogP contribution is 2.15. The molecule has 1 N–H and O–H groups in total. The Kier molecular flexibility index (Phi) is 4.81. The first-order valence-electron chi connectivity index (χ1n) is 7.55. The van der Waals surface area contributed by atoms with Crippen LogP contribution in [-0.2, 0) is 6.54 Å². The summed E-state index contributed by atoms with van der Waals surface area (Å²) in [7, 11) is 1.59. The summed E-state index contributed by atoms with van der Waals surface area (Å²) in [5.41, 5.74) is 2.16. The van der Waals surface area contributed by atoms with Gasteiger partial charge in [-0.05, 0) is 29.8 Å². The van der Waals surface area contributed by atoms with Crippen LogP contribution in [0.1, 0.15) is 21.5 Å². The van der Waals surface area contributed by atoms with Crippen LogP contribution in [0.3, 0.4) is 0 Å². The summed E-state index contributed by atoms with van der Waals surface area (Å²) in [6, 6.07) is 16.9. The Morgan fingerprint density at radius 1 is 0.958 bits per heavy atom. The smallest absolute Gasteiger partial charge is 0.222 e. The average Bonchev–Trinajstić information content (AvgIpc) is 2.67. The van der Waals surface area contributed by atoms with Gasteiger partial charge in [0.1, 0.15) is 5.75 Å². The van der Waals surface area contributed by atoms with Crippen LogP contribution in [0.2, 0.25) is 0 Å². The van der Waals surface area contributed by atoms with Gasteiger partial charge in [-0.2, -0.15) is 0 Å². The van der Waals surface area contributed by atoms with Gasteiger partial charge in [0, 0.05) is 24.5 Å². The second kappa shape index (κ2) is 7.37. The number of hydrogen-bond acceptors (Lipinski definition) is 5. The van der Waals surface area contributed by atoms with E-state index < -0.39 is 0 Å². The van der Waals surface area contributed by atoms with Crippen LogP contribution in [0, 0.1) is 0 Å². The first-order chi connectivity index (χ1) is 11.8. The standard InChI is InChI=1S/C19H17N3O2/c1-24-17-9-7-15(8-10-17)18(23)16-12-21-19(22-13-16)20-11-14-5-3-2-4-6-14/h2-10,12-13H,11H2,1H3,(H,20,21,22). The molecule has 0 spiro atoms. The van der Waals surface area contributed by atoms with Gasteiger partial charge < -0.3 is 10.1 Å². The van der Waals surface area contributed by atoms with E-state index in [0.29, 0.717) is 29.4 Å². The zero-order valence-electron chi connectivity index (χ0n) is 13.3. The number of ether oxygens (including phenoxy) is 1. The van der Waals surface area contributed by atoms with E-state index in [9.17, 15) is 4.79 Å². The molecular formula is C19H17N3O2. The quantitative estimate of drug-likeness (QED) is 0.706. The van der Waals surface area contributed by atoms with Crippen molar-refractivity contribution in [2.45, 2.75) is 6.54 Å². The van der Waals surface area contributed by atoms with Crippen molar-refractivity contribution in [3.05, 3.63) is 83.7 Å². The topological polar surface area (TPSA) is 64.1 Å². The van der Waals surface area contributed by atoms with Crippen LogP contribution in [0.15, 0.2) is 67.0 Å². The lowest BCUT2D eigenvalue weighted by Gasteiger charge is -2.06. The summed E-state index contributed by atoms with van der Waals surface area (Å²) in [6.45, 7) is 0.632. The van der Waals surface area contributed by atoms with Gasteiger partial charge in [0.2, 0.25) is 5.95 Å². The van der Waals surface area contributed by atoms with Gasteiger partial charge >= 0.3 is 0 Å². The summed E-state index contributed by atoms with van der Waals surface area (Å²) in [5.74, 6) is 1.08. The molecule has 1 heterocycles. The molecule has 0 aliphatic rings. The Balaban J connectivity index is 1.66. The number of nitrogens with one attached hydrogen (secondary N) is 1. The molecule has 0 saturated heterocycles. The van der Waals surface area contributed by atoms with Crippen LogP contribution >= 0.6 is 0 Å². The highest BCUT2D eigenvalue weighted by molar-refractivity contribution is 6.08. The van der Waals surface area contributed by atoms with Crippen molar-refractivity contribution >= 4 is 11.7 Å². The minimum atomic E-state index is -0.118. The lowest BCUT2D eigenvalue weighted by atomic mass is 10.1. The van der Waals surface area contributed by atoms with E-state index >= 15 is 0 Å². The van der Waals surface area contributed by atoms with E-state index in [1.807, 2.05) is 30.3 Å². The van der Waals surface area contributed by atoms with Crippen molar-refractivity contribution in [3.63, 3.8) is 0 Å². The SMILES string of the molecule is COc1ccc(C(=O)c2cnc(NCc3ccccc3)nc2)cc1. The fraction of sp³-hybridized carbons (Fsp3) is 0.105. The number of benzene rings is 2. The highest BCUT2D eigenvalue weighted by atomic mass is 16.5. The van der Waals surface area contributed by atoms with Gasteiger partial charge in [-0.25, -0.2) is 9.97 Å². The maximum Gasteiger partial charge on any atom is 0.222 e. The number of nitrogens with zero attached hydrogens (tertiary/aromatic N) is 2. The fourth-order valence-corrected chi connectivity index (χ4v) is 2.22. The van der Waals surface area contributed by atoms with E-state index in [1.54, 1.807) is 31.4 Å². The Bertz CT molecular complexity index is 800. The maximum absolute atomic E-state index is 12.4. The Morgan fingerprint density at radius 3 is 2.25 bits per heavy atom. The molecule has 0 unspecified atom stereocenters. The summed E-state index contributed by atoms with van der Waals surface area (Å²) in [5, 5.41) is 3.13. The molecule has 2 aromatic carbocycles. The molecule has 0 radical (unpaired) electrons. The molecule has 5 heteroatoms. The minimum absolute atomic E-state index is 0.118. The summed E-state index contributed by atoms with van der Waals surface area (Å²) < 4.78 is 5.09. The molecule has 0 aliphatic carbocycles. The van der Waals surface area contributed by atoms with Gasteiger partial charge in [0.05, 0.1) is 12.7 Å². The third-order valence-corrected chi connectivity index (χ3v) is 3.56. The van der Waals surface area contributed by atoms with Crippen molar-refractivity contribution in [2.24, 2.45) is 0 Å². The Hall–Kier alpha value is -3.21. The van der Waals surface area contributed by atoms with Gasteiger partial charge in [-0.15, -0.1) is 0 Å². The molecule has 24 heavy (non-hydrogen) atoms. The van der Waals surface area contributed by atoms with Gasteiger partial charge in [-0.1, -0.05) is 30.3 Å². The van der Waals surface area contributed by atoms with Gasteiger partial charge in [-0.3, -0.25) is 4.79 Å². The average molecular weight is 319 g/mol. The summed E-state index contributed by atoms with van der Waals surface area (Å²) in [6.07, 6.45) is 3.07. The van der Waals surface area contributed by atoms with Crippen LogP contribution in [-0.4, -0.2) is 22.9 Å². The number of aromatic nitrogens is 2. The van der Waals surface area contributed by atoms with Crippen LogP contribution in [0.4, 0.5) is 5.95 Å². The molecule has 3 rings (SSSR count). The summed E-state index contributed by atoms with van der Waals surface area (Å²) in [4.78, 5) is 20.8. The number of ketones is 1. The lowest BCUT2D eigenvalue weighted by Crippen LogP contribution is -2.07. The molecule has 0 fully saturated rings. The first-order valence-corrected chi connectivity index (χ1v) is 7.55. The normalized spacial score (nSPS) is 10.2. The molecule has 1 aromatic heterocycles. The van der Waals surface area contributed by atoms with Crippen LogP contribution in [0.5, 0.6) is 5.75 Å². The van der Waals surface area contributed by atoms with Gasteiger partial charge in [0.15, 0.2) is 5.78 Å². The first kappa shape index (κ1) is 15.7. The van der Waals surface area contributed by atoms with Crippen molar-refractivity contribution in [1.82, 2.24) is 9.97 Å². The maximum atomic E-state index is 12.4.